The van der Waals surface area contributed by atoms with Crippen molar-refractivity contribution in [1.82, 2.24) is 10.5 Å². The van der Waals surface area contributed by atoms with E-state index in [9.17, 15) is 4.79 Å². The molecule has 6 heteroatoms. The second-order valence-corrected chi connectivity index (χ2v) is 5.89. The van der Waals surface area contributed by atoms with Gasteiger partial charge >= 0.3 is 0 Å². The summed E-state index contributed by atoms with van der Waals surface area (Å²) in [4.78, 5) is 11.8. The highest BCUT2D eigenvalue weighted by Gasteiger charge is 2.25. The van der Waals surface area contributed by atoms with Crippen LogP contribution in [0.15, 0.2) is 28.8 Å². The Morgan fingerprint density at radius 1 is 1.17 bits per heavy atom. The van der Waals surface area contributed by atoms with Gasteiger partial charge in [0, 0.05) is 17.5 Å². The Bertz CT molecular complexity index is 721. The fourth-order valence-corrected chi connectivity index (χ4v) is 2.72. The van der Waals surface area contributed by atoms with Crippen molar-refractivity contribution in [2.24, 2.45) is 5.92 Å². The van der Waals surface area contributed by atoms with Crippen LogP contribution in [0.2, 0.25) is 0 Å². The number of hydrogen-bond donors (Lipinski definition) is 1. The number of nitrogens with zero attached hydrogens (tertiary/aromatic N) is 1. The van der Waals surface area contributed by atoms with Crippen molar-refractivity contribution < 1.29 is 18.8 Å². The number of nitrogens with one attached hydrogen (secondary N) is 1. The molecule has 2 aromatic rings. The summed E-state index contributed by atoms with van der Waals surface area (Å²) in [5.41, 5.74) is 1.58. The molecule has 1 aromatic carbocycles. The van der Waals surface area contributed by atoms with Crippen LogP contribution < -0.4 is 14.8 Å². The second kappa shape index (κ2) is 5.95. The van der Waals surface area contributed by atoms with Gasteiger partial charge in [-0.25, -0.2) is 0 Å². The number of carbonyl (C=O) groups is 1. The lowest BCUT2D eigenvalue weighted by Crippen LogP contribution is -2.34. The Morgan fingerprint density at radius 2 is 2.00 bits per heavy atom. The van der Waals surface area contributed by atoms with Crippen LogP contribution in [0.25, 0.3) is 11.3 Å². The first-order valence-electron chi connectivity index (χ1n) is 7.93. The van der Waals surface area contributed by atoms with Crippen LogP contribution in [0.3, 0.4) is 0 Å². The predicted octanol–water partition coefficient (Wildman–Crippen LogP) is 2.53. The van der Waals surface area contributed by atoms with Crippen LogP contribution >= 0.6 is 0 Å². The van der Waals surface area contributed by atoms with E-state index in [2.05, 4.69) is 10.5 Å². The Balaban J connectivity index is 1.44. The van der Waals surface area contributed by atoms with Crippen molar-refractivity contribution in [3.63, 3.8) is 0 Å². The number of aromatic nitrogens is 1. The maximum Gasteiger partial charge on any atom is 0.223 e. The smallest absolute Gasteiger partial charge is 0.223 e. The van der Waals surface area contributed by atoms with E-state index in [4.69, 9.17) is 14.0 Å². The van der Waals surface area contributed by atoms with Gasteiger partial charge in [-0.3, -0.25) is 4.79 Å². The second-order valence-electron chi connectivity index (χ2n) is 5.89. The van der Waals surface area contributed by atoms with Crippen molar-refractivity contribution in [2.45, 2.75) is 25.8 Å². The molecule has 1 aliphatic carbocycles. The Kier molecular flexibility index (Phi) is 3.65. The van der Waals surface area contributed by atoms with E-state index in [1.54, 1.807) is 0 Å². The first-order chi connectivity index (χ1) is 11.3. The summed E-state index contributed by atoms with van der Waals surface area (Å²) in [6.07, 6.45) is 3.14. The fourth-order valence-electron chi connectivity index (χ4n) is 2.72. The molecule has 0 unspecified atom stereocenters. The first kappa shape index (κ1) is 14.1. The van der Waals surface area contributed by atoms with Crippen LogP contribution in [0.4, 0.5) is 0 Å². The topological polar surface area (TPSA) is 73.6 Å². The van der Waals surface area contributed by atoms with Gasteiger partial charge in [-0.15, -0.1) is 0 Å². The third-order valence-electron chi connectivity index (χ3n) is 4.31. The molecule has 1 fully saturated rings. The van der Waals surface area contributed by atoms with Gasteiger partial charge in [0.25, 0.3) is 0 Å². The molecule has 1 N–H and O–H groups in total. The number of amides is 1. The molecular formula is C17H18N2O4. The molecule has 1 saturated carbocycles. The lowest BCUT2D eigenvalue weighted by Gasteiger charge is -2.23. The fraction of sp³-hybridized carbons (Fsp3) is 0.412. The molecule has 0 radical (unpaired) electrons. The lowest BCUT2D eigenvalue weighted by atomic mass is 9.85. The number of fused-ring (bicyclic) bond motifs is 1. The molecule has 6 nitrogen and oxygen atoms in total. The number of rotatable bonds is 4. The van der Waals surface area contributed by atoms with E-state index in [0.717, 1.165) is 30.6 Å². The number of benzene rings is 1. The lowest BCUT2D eigenvalue weighted by molar-refractivity contribution is -0.127. The molecule has 2 aliphatic rings. The maximum atomic E-state index is 11.8. The van der Waals surface area contributed by atoms with Crippen molar-refractivity contribution in [2.75, 3.05) is 13.2 Å². The molecule has 0 atom stereocenters. The molecule has 4 rings (SSSR count). The summed E-state index contributed by atoms with van der Waals surface area (Å²) >= 11 is 0. The van der Waals surface area contributed by atoms with Crippen LogP contribution in [0.1, 0.15) is 25.0 Å². The van der Waals surface area contributed by atoms with E-state index in [0.29, 0.717) is 37.0 Å². The monoisotopic (exact) mass is 314 g/mol. The minimum atomic E-state index is 0.111. The summed E-state index contributed by atoms with van der Waals surface area (Å²) in [5.74, 6) is 2.40. The average molecular weight is 314 g/mol. The van der Waals surface area contributed by atoms with Crippen LogP contribution in [-0.4, -0.2) is 24.3 Å². The highest BCUT2D eigenvalue weighted by Crippen LogP contribution is 2.34. The first-order valence-corrected chi connectivity index (χ1v) is 7.93. The number of hydrogen-bond acceptors (Lipinski definition) is 5. The zero-order chi connectivity index (χ0) is 15.6. The van der Waals surface area contributed by atoms with E-state index in [1.807, 2.05) is 24.3 Å². The standard InChI is InChI=1S/C17H18N2O4/c20-17(11-2-1-3-11)18-10-13-9-15(23-19-13)12-4-5-14-16(8-12)22-7-6-21-14/h4-5,8-9,11H,1-3,6-7,10H2,(H,18,20). The molecule has 1 aromatic heterocycles. The minimum absolute atomic E-state index is 0.111. The van der Waals surface area contributed by atoms with Gasteiger partial charge in [-0.1, -0.05) is 11.6 Å². The maximum absolute atomic E-state index is 11.8. The third kappa shape index (κ3) is 2.88. The van der Waals surface area contributed by atoms with Gasteiger partial charge in [0.15, 0.2) is 17.3 Å². The van der Waals surface area contributed by atoms with E-state index in [1.165, 1.54) is 0 Å². The SMILES string of the molecule is O=C(NCc1cc(-c2ccc3c(c2)OCCO3)on1)C1CCC1. The number of ether oxygens (including phenoxy) is 2. The van der Waals surface area contributed by atoms with Gasteiger partial charge in [0.1, 0.15) is 18.9 Å². The van der Waals surface area contributed by atoms with Crippen molar-refractivity contribution in [1.29, 1.82) is 0 Å². The quantitative estimate of drug-likeness (QED) is 0.938. The van der Waals surface area contributed by atoms with Crippen LogP contribution in [0, 0.1) is 5.92 Å². The van der Waals surface area contributed by atoms with Crippen LogP contribution in [-0.2, 0) is 11.3 Å². The van der Waals surface area contributed by atoms with Crippen molar-refractivity contribution in [3.8, 4) is 22.8 Å². The molecule has 23 heavy (non-hydrogen) atoms. The largest absolute Gasteiger partial charge is 0.486 e. The minimum Gasteiger partial charge on any atom is -0.486 e. The summed E-state index contributed by atoms with van der Waals surface area (Å²) in [7, 11) is 0. The summed E-state index contributed by atoms with van der Waals surface area (Å²) < 4.78 is 16.5. The summed E-state index contributed by atoms with van der Waals surface area (Å²) in [6, 6.07) is 7.49. The summed E-state index contributed by atoms with van der Waals surface area (Å²) in [5, 5.41) is 6.93. The molecule has 2 heterocycles. The van der Waals surface area contributed by atoms with Crippen molar-refractivity contribution >= 4 is 5.91 Å². The third-order valence-corrected chi connectivity index (χ3v) is 4.31. The Labute approximate surface area is 133 Å². The molecular weight excluding hydrogens is 296 g/mol. The molecule has 120 valence electrons. The molecule has 1 amide bonds. The van der Waals surface area contributed by atoms with Gasteiger partial charge in [-0.2, -0.15) is 0 Å². The van der Waals surface area contributed by atoms with E-state index < -0.39 is 0 Å². The highest BCUT2D eigenvalue weighted by atomic mass is 16.6. The van der Waals surface area contributed by atoms with Gasteiger partial charge in [0.2, 0.25) is 5.91 Å². The van der Waals surface area contributed by atoms with E-state index >= 15 is 0 Å². The summed E-state index contributed by atoms with van der Waals surface area (Å²) in [6.45, 7) is 1.51. The molecule has 0 bridgehead atoms. The molecule has 1 aliphatic heterocycles. The molecule has 0 saturated heterocycles. The van der Waals surface area contributed by atoms with Gasteiger partial charge < -0.3 is 19.3 Å². The van der Waals surface area contributed by atoms with Crippen LogP contribution in [0.5, 0.6) is 11.5 Å². The Morgan fingerprint density at radius 3 is 2.78 bits per heavy atom. The highest BCUT2D eigenvalue weighted by molar-refractivity contribution is 5.79. The predicted molar refractivity (Wildman–Crippen MR) is 82.1 cm³/mol. The van der Waals surface area contributed by atoms with Crippen molar-refractivity contribution in [3.05, 3.63) is 30.0 Å². The molecule has 0 spiro atoms. The average Bonchev–Trinajstić information content (AvgIpc) is 3.00. The zero-order valence-corrected chi connectivity index (χ0v) is 12.7. The van der Waals surface area contributed by atoms with E-state index in [-0.39, 0.29) is 11.8 Å². The zero-order valence-electron chi connectivity index (χ0n) is 12.7. The van der Waals surface area contributed by atoms with Gasteiger partial charge in [0.05, 0.1) is 6.54 Å². The Hall–Kier alpha value is -2.50. The van der Waals surface area contributed by atoms with Gasteiger partial charge in [-0.05, 0) is 31.0 Å². The number of carbonyl (C=O) groups excluding carboxylic acids is 1. The normalized spacial score (nSPS) is 16.7.